The maximum atomic E-state index is 5.29. The van der Waals surface area contributed by atoms with E-state index in [0.29, 0.717) is 0 Å². The van der Waals surface area contributed by atoms with Crippen LogP contribution in [-0.2, 0) is 0 Å². The summed E-state index contributed by atoms with van der Waals surface area (Å²) in [6.07, 6.45) is 2.37. The lowest BCUT2D eigenvalue weighted by atomic mass is 10.3. The van der Waals surface area contributed by atoms with Gasteiger partial charge in [0.25, 0.3) is 0 Å². The molecule has 0 unspecified atom stereocenters. The quantitative estimate of drug-likeness (QED) is 0.788. The van der Waals surface area contributed by atoms with Gasteiger partial charge in [0.15, 0.2) is 5.11 Å². The van der Waals surface area contributed by atoms with Crippen LogP contribution < -0.4 is 5.32 Å². The van der Waals surface area contributed by atoms with Crippen molar-refractivity contribution in [3.63, 3.8) is 0 Å². The number of nitrogens with one attached hydrogen (secondary N) is 1. The smallest absolute Gasteiger partial charge is 0.173 e. The van der Waals surface area contributed by atoms with Crippen LogP contribution in [0.2, 0.25) is 0 Å². The molecule has 1 aromatic carbocycles. The molecule has 1 aromatic rings. The van der Waals surface area contributed by atoms with E-state index in [0.717, 1.165) is 17.3 Å². The van der Waals surface area contributed by atoms with Gasteiger partial charge in [-0.2, -0.15) is 0 Å². The van der Waals surface area contributed by atoms with Gasteiger partial charge in [-0.15, -0.1) is 0 Å². The zero-order chi connectivity index (χ0) is 11.1. The van der Waals surface area contributed by atoms with Crippen LogP contribution in [0, 0.1) is 0 Å². The van der Waals surface area contributed by atoms with Gasteiger partial charge in [0.05, 0.1) is 0 Å². The van der Waals surface area contributed by atoms with Crippen LogP contribution in [0.5, 0.6) is 0 Å². The molecule has 0 fully saturated rings. The summed E-state index contributed by atoms with van der Waals surface area (Å²) in [5, 5.41) is 3.99. The minimum Gasteiger partial charge on any atom is -0.352 e. The van der Waals surface area contributed by atoms with E-state index in [2.05, 4.69) is 17.1 Å². The number of hydrogen-bond donors (Lipinski definition) is 1. The molecule has 0 aliphatic carbocycles. The van der Waals surface area contributed by atoms with Crippen LogP contribution in [0.25, 0.3) is 0 Å². The Morgan fingerprint density at radius 3 is 2.60 bits per heavy atom. The van der Waals surface area contributed by atoms with E-state index in [1.54, 1.807) is 0 Å². The zero-order valence-corrected chi connectivity index (χ0v) is 10.2. The first kappa shape index (κ1) is 12.0. The molecule has 15 heavy (non-hydrogen) atoms. The lowest BCUT2D eigenvalue weighted by molar-refractivity contribution is 0.491. The standard InChI is InChI=1S/C12H18N2S/c1-3-4-10-14(2)12(15)13-11-8-6-5-7-9-11/h5-9H,3-4,10H2,1-2H3,(H,13,15). The van der Waals surface area contributed by atoms with Crippen molar-refractivity contribution >= 4 is 23.0 Å². The summed E-state index contributed by atoms with van der Waals surface area (Å²) in [5.41, 5.74) is 1.05. The van der Waals surface area contributed by atoms with Crippen molar-refractivity contribution in [3.05, 3.63) is 30.3 Å². The van der Waals surface area contributed by atoms with Crippen molar-refractivity contribution in [2.45, 2.75) is 19.8 Å². The Hall–Kier alpha value is -1.09. The summed E-state index contributed by atoms with van der Waals surface area (Å²) in [7, 11) is 2.02. The summed E-state index contributed by atoms with van der Waals surface area (Å²) >= 11 is 5.29. The van der Waals surface area contributed by atoms with E-state index >= 15 is 0 Å². The molecule has 0 bridgehead atoms. The van der Waals surface area contributed by atoms with E-state index in [9.17, 15) is 0 Å². The second-order valence-electron chi connectivity index (χ2n) is 3.57. The molecule has 0 saturated heterocycles. The average molecular weight is 222 g/mol. The molecule has 0 heterocycles. The molecule has 0 spiro atoms. The molecule has 1 rings (SSSR count). The molecule has 3 heteroatoms. The van der Waals surface area contributed by atoms with Crippen molar-refractivity contribution in [1.29, 1.82) is 0 Å². The van der Waals surface area contributed by atoms with Gasteiger partial charge >= 0.3 is 0 Å². The molecule has 0 amide bonds. The Morgan fingerprint density at radius 2 is 2.00 bits per heavy atom. The van der Waals surface area contributed by atoms with Crippen LogP contribution in [0.4, 0.5) is 5.69 Å². The van der Waals surface area contributed by atoms with E-state index < -0.39 is 0 Å². The fraction of sp³-hybridized carbons (Fsp3) is 0.417. The van der Waals surface area contributed by atoms with Gasteiger partial charge in [-0.3, -0.25) is 0 Å². The molecule has 0 radical (unpaired) electrons. The second-order valence-corrected chi connectivity index (χ2v) is 3.96. The lowest BCUT2D eigenvalue weighted by Gasteiger charge is -2.20. The fourth-order valence-electron chi connectivity index (χ4n) is 1.24. The van der Waals surface area contributed by atoms with Crippen molar-refractivity contribution in [3.8, 4) is 0 Å². The van der Waals surface area contributed by atoms with Gasteiger partial charge in [0.1, 0.15) is 0 Å². The van der Waals surface area contributed by atoms with E-state index in [1.165, 1.54) is 12.8 Å². The minimum absolute atomic E-state index is 0.787. The molecule has 82 valence electrons. The molecule has 0 saturated carbocycles. The molecule has 0 atom stereocenters. The Morgan fingerprint density at radius 1 is 1.33 bits per heavy atom. The number of rotatable bonds is 4. The summed E-state index contributed by atoms with van der Waals surface area (Å²) in [4.78, 5) is 2.08. The van der Waals surface area contributed by atoms with Gasteiger partial charge in [-0.1, -0.05) is 31.5 Å². The summed E-state index contributed by atoms with van der Waals surface area (Å²) in [6, 6.07) is 10.0. The van der Waals surface area contributed by atoms with Crippen LogP contribution in [-0.4, -0.2) is 23.6 Å². The summed E-state index contributed by atoms with van der Waals surface area (Å²) in [5.74, 6) is 0. The number of benzene rings is 1. The molecular formula is C12H18N2S. The number of nitrogens with zero attached hydrogens (tertiary/aromatic N) is 1. The summed E-state index contributed by atoms with van der Waals surface area (Å²) < 4.78 is 0. The van der Waals surface area contributed by atoms with Crippen molar-refractivity contribution in [2.75, 3.05) is 18.9 Å². The largest absolute Gasteiger partial charge is 0.352 e. The van der Waals surface area contributed by atoms with Crippen LogP contribution in [0.15, 0.2) is 30.3 Å². The van der Waals surface area contributed by atoms with Gasteiger partial charge in [0, 0.05) is 19.3 Å². The van der Waals surface area contributed by atoms with Crippen LogP contribution in [0.3, 0.4) is 0 Å². The Bertz CT molecular complexity index is 298. The number of anilines is 1. The highest BCUT2D eigenvalue weighted by Crippen LogP contribution is 2.06. The third-order valence-corrected chi connectivity index (χ3v) is 2.63. The number of unbranched alkanes of at least 4 members (excludes halogenated alkanes) is 1. The zero-order valence-electron chi connectivity index (χ0n) is 9.36. The molecule has 0 aliphatic heterocycles. The maximum Gasteiger partial charge on any atom is 0.173 e. The van der Waals surface area contributed by atoms with E-state index in [4.69, 9.17) is 12.2 Å². The van der Waals surface area contributed by atoms with E-state index in [-0.39, 0.29) is 0 Å². The number of para-hydroxylation sites is 1. The molecular weight excluding hydrogens is 204 g/mol. The fourth-order valence-corrected chi connectivity index (χ4v) is 1.45. The lowest BCUT2D eigenvalue weighted by Crippen LogP contribution is -2.31. The maximum absolute atomic E-state index is 5.29. The van der Waals surface area contributed by atoms with Crippen molar-refractivity contribution in [2.24, 2.45) is 0 Å². The first-order valence-corrected chi connectivity index (χ1v) is 5.72. The van der Waals surface area contributed by atoms with Gasteiger partial charge in [0.2, 0.25) is 0 Å². The number of thiocarbonyl (C=S) groups is 1. The highest BCUT2D eigenvalue weighted by molar-refractivity contribution is 7.80. The Labute approximate surface area is 97.3 Å². The number of hydrogen-bond acceptors (Lipinski definition) is 1. The second kappa shape index (κ2) is 6.40. The first-order chi connectivity index (χ1) is 7.24. The monoisotopic (exact) mass is 222 g/mol. The predicted octanol–water partition coefficient (Wildman–Crippen LogP) is 3.12. The molecule has 0 aliphatic rings. The molecule has 2 nitrogen and oxygen atoms in total. The van der Waals surface area contributed by atoms with Gasteiger partial charge in [-0.25, -0.2) is 0 Å². The van der Waals surface area contributed by atoms with Crippen molar-refractivity contribution < 1.29 is 0 Å². The Kier molecular flexibility index (Phi) is 5.12. The predicted molar refractivity (Wildman–Crippen MR) is 70.2 cm³/mol. The average Bonchev–Trinajstić information content (AvgIpc) is 2.27. The van der Waals surface area contributed by atoms with E-state index in [1.807, 2.05) is 37.4 Å². The Balaban J connectivity index is 2.42. The van der Waals surface area contributed by atoms with Crippen LogP contribution in [0.1, 0.15) is 19.8 Å². The summed E-state index contributed by atoms with van der Waals surface area (Å²) in [6.45, 7) is 3.19. The highest BCUT2D eigenvalue weighted by Gasteiger charge is 2.02. The van der Waals surface area contributed by atoms with Crippen LogP contribution >= 0.6 is 12.2 Å². The van der Waals surface area contributed by atoms with Gasteiger partial charge in [-0.05, 0) is 30.8 Å². The van der Waals surface area contributed by atoms with Crippen molar-refractivity contribution in [1.82, 2.24) is 4.90 Å². The topological polar surface area (TPSA) is 15.3 Å². The minimum atomic E-state index is 0.787. The first-order valence-electron chi connectivity index (χ1n) is 5.31. The third kappa shape index (κ3) is 4.30. The molecule has 1 N–H and O–H groups in total. The van der Waals surface area contributed by atoms with Gasteiger partial charge < -0.3 is 10.2 Å². The molecule has 0 aromatic heterocycles. The highest BCUT2D eigenvalue weighted by atomic mass is 32.1. The normalized spacial score (nSPS) is 9.73. The third-order valence-electron chi connectivity index (χ3n) is 2.22. The SMILES string of the molecule is CCCCN(C)C(=S)Nc1ccccc1.